The van der Waals surface area contributed by atoms with E-state index in [0.717, 1.165) is 80.9 Å². The van der Waals surface area contributed by atoms with Crippen molar-refractivity contribution in [3.05, 3.63) is 77.4 Å². The van der Waals surface area contributed by atoms with E-state index in [9.17, 15) is 0 Å². The minimum atomic E-state index is -0.0505. The van der Waals surface area contributed by atoms with Gasteiger partial charge >= 0.3 is 0 Å². The number of anilines is 1. The van der Waals surface area contributed by atoms with Crippen LogP contribution in [0.1, 0.15) is 66.8 Å². The summed E-state index contributed by atoms with van der Waals surface area (Å²) in [6.07, 6.45) is 8.15. The van der Waals surface area contributed by atoms with E-state index in [1.165, 1.54) is 29.8 Å². The summed E-state index contributed by atoms with van der Waals surface area (Å²) in [6, 6.07) is 16.9. The Labute approximate surface area is 243 Å². The highest BCUT2D eigenvalue weighted by molar-refractivity contribution is 7.80. The van der Waals surface area contributed by atoms with Crippen molar-refractivity contribution < 1.29 is 9.47 Å². The smallest absolute Gasteiger partial charge is 0.174 e. The van der Waals surface area contributed by atoms with E-state index in [-0.39, 0.29) is 12.1 Å². The fourth-order valence-electron chi connectivity index (χ4n) is 6.58. The number of ether oxygens (including phenoxy) is 2. The SMILES string of the molecule is Cc1cc([C@H]2[C@H](c3ccccn3)NC(=S)N2c2ccc(OC3CCCC3)cc2)c(C)n1CCCN1CCOCC1. The first kappa shape index (κ1) is 27.2. The molecule has 1 saturated carbocycles. The number of benzene rings is 1. The van der Waals surface area contributed by atoms with Crippen LogP contribution in [-0.4, -0.2) is 58.5 Å². The van der Waals surface area contributed by atoms with Crippen LogP contribution in [0.3, 0.4) is 0 Å². The van der Waals surface area contributed by atoms with Crippen LogP contribution in [0.2, 0.25) is 0 Å². The van der Waals surface area contributed by atoms with Crippen LogP contribution >= 0.6 is 12.2 Å². The van der Waals surface area contributed by atoms with E-state index in [1.54, 1.807) is 0 Å². The van der Waals surface area contributed by atoms with Crippen LogP contribution in [0.25, 0.3) is 0 Å². The number of nitrogens with one attached hydrogen (secondary N) is 1. The van der Waals surface area contributed by atoms with Crippen LogP contribution in [0.15, 0.2) is 54.7 Å². The Morgan fingerprint density at radius 1 is 1.02 bits per heavy atom. The van der Waals surface area contributed by atoms with Crippen LogP contribution in [-0.2, 0) is 11.3 Å². The van der Waals surface area contributed by atoms with Crippen molar-refractivity contribution in [2.45, 2.75) is 70.7 Å². The third kappa shape index (κ3) is 5.76. The van der Waals surface area contributed by atoms with Crippen LogP contribution in [0.4, 0.5) is 5.69 Å². The molecule has 3 aliphatic rings. The molecule has 40 heavy (non-hydrogen) atoms. The molecule has 3 fully saturated rings. The maximum Gasteiger partial charge on any atom is 0.174 e. The second-order valence-corrected chi connectivity index (χ2v) is 11.7. The standard InChI is InChI=1S/C32H41N5O2S/c1-23-22-28(24(2)36(23)17-7-16-35-18-20-38-21-19-35)31-30(29-10-5-6-15-33-29)34-32(40)37(31)25-11-13-27(14-12-25)39-26-8-3-4-9-26/h5-6,10-15,22,26,30-31H,3-4,7-9,16-21H2,1-2H3,(H,34,40)/t30-,31-/m0/s1. The van der Waals surface area contributed by atoms with Crippen molar-refractivity contribution in [1.82, 2.24) is 19.8 Å². The predicted octanol–water partition coefficient (Wildman–Crippen LogP) is 5.72. The number of morpholine rings is 1. The zero-order valence-corrected chi connectivity index (χ0v) is 24.5. The van der Waals surface area contributed by atoms with Gasteiger partial charge in [-0.1, -0.05) is 6.07 Å². The largest absolute Gasteiger partial charge is 0.490 e. The zero-order valence-electron chi connectivity index (χ0n) is 23.7. The lowest BCUT2D eigenvalue weighted by Crippen LogP contribution is -2.37. The third-order valence-corrected chi connectivity index (χ3v) is 9.02. The summed E-state index contributed by atoms with van der Waals surface area (Å²) in [5.41, 5.74) is 5.93. The Kier molecular flexibility index (Phi) is 8.37. The van der Waals surface area contributed by atoms with Gasteiger partial charge in [0.15, 0.2) is 5.11 Å². The van der Waals surface area contributed by atoms with Crippen LogP contribution in [0, 0.1) is 13.8 Å². The average Bonchev–Trinajstić information content (AvgIpc) is 3.69. The molecule has 8 heteroatoms. The molecule has 4 heterocycles. The first-order valence-corrected chi connectivity index (χ1v) is 15.2. The molecule has 212 valence electrons. The predicted molar refractivity (Wildman–Crippen MR) is 163 cm³/mol. The van der Waals surface area contributed by atoms with Gasteiger partial charge in [0.25, 0.3) is 0 Å². The molecule has 0 amide bonds. The summed E-state index contributed by atoms with van der Waals surface area (Å²) in [5, 5.41) is 4.34. The lowest BCUT2D eigenvalue weighted by Gasteiger charge is -2.28. The number of aryl methyl sites for hydroxylation is 1. The monoisotopic (exact) mass is 559 g/mol. The maximum atomic E-state index is 6.25. The Morgan fingerprint density at radius 2 is 1.80 bits per heavy atom. The van der Waals surface area contributed by atoms with Gasteiger partial charge in [-0.2, -0.15) is 0 Å². The van der Waals surface area contributed by atoms with Gasteiger partial charge in [0.2, 0.25) is 0 Å². The van der Waals surface area contributed by atoms with Crippen molar-refractivity contribution in [2.24, 2.45) is 0 Å². The molecule has 1 N–H and O–H groups in total. The molecule has 2 saturated heterocycles. The lowest BCUT2D eigenvalue weighted by atomic mass is 9.96. The van der Waals surface area contributed by atoms with E-state index in [4.69, 9.17) is 26.7 Å². The van der Waals surface area contributed by atoms with Gasteiger partial charge in [-0.15, -0.1) is 0 Å². The Hall–Kier alpha value is -2.94. The van der Waals surface area contributed by atoms with Crippen LogP contribution < -0.4 is 15.0 Å². The molecule has 0 spiro atoms. The normalized spacial score (nSPS) is 22.1. The molecule has 2 aliphatic heterocycles. The number of hydrogen-bond acceptors (Lipinski definition) is 5. The summed E-state index contributed by atoms with van der Waals surface area (Å²) in [7, 11) is 0. The van der Waals surface area contributed by atoms with Gasteiger partial charge in [-0.3, -0.25) is 9.88 Å². The van der Waals surface area contributed by atoms with Gasteiger partial charge in [0.1, 0.15) is 5.75 Å². The molecule has 0 radical (unpaired) electrons. The summed E-state index contributed by atoms with van der Waals surface area (Å²) < 4.78 is 14.2. The van der Waals surface area contributed by atoms with Crippen molar-refractivity contribution >= 4 is 23.0 Å². The second-order valence-electron chi connectivity index (χ2n) is 11.3. The topological polar surface area (TPSA) is 54.8 Å². The fraction of sp³-hybridized carbons (Fsp3) is 0.500. The molecule has 0 bridgehead atoms. The zero-order chi connectivity index (χ0) is 27.5. The molecule has 0 unspecified atom stereocenters. The third-order valence-electron chi connectivity index (χ3n) is 8.71. The first-order valence-electron chi connectivity index (χ1n) is 14.8. The summed E-state index contributed by atoms with van der Waals surface area (Å²) in [6.45, 7) is 10.3. The van der Waals surface area contributed by atoms with Gasteiger partial charge in [-0.05, 0) is 106 Å². The summed E-state index contributed by atoms with van der Waals surface area (Å²) >= 11 is 5.98. The highest BCUT2D eigenvalue weighted by atomic mass is 32.1. The Balaban J connectivity index is 1.28. The van der Waals surface area contributed by atoms with Crippen molar-refractivity contribution in [3.8, 4) is 5.75 Å². The molecule has 2 aromatic heterocycles. The minimum absolute atomic E-state index is 0.0109. The molecule has 1 aromatic carbocycles. The fourth-order valence-corrected chi connectivity index (χ4v) is 6.93. The molecule has 7 nitrogen and oxygen atoms in total. The molecule has 6 rings (SSSR count). The number of pyridine rings is 1. The number of thiocarbonyl (C=S) groups is 1. The second kappa shape index (κ2) is 12.3. The Bertz CT molecular complexity index is 1280. The van der Waals surface area contributed by atoms with E-state index in [1.807, 2.05) is 12.3 Å². The quantitative estimate of drug-likeness (QED) is 0.337. The average molecular weight is 560 g/mol. The summed E-state index contributed by atoms with van der Waals surface area (Å²) in [5.74, 6) is 0.935. The molecule has 3 aromatic rings. The van der Waals surface area contributed by atoms with Gasteiger partial charge in [-0.25, -0.2) is 0 Å². The molecule has 2 atom stereocenters. The van der Waals surface area contributed by atoms with Gasteiger partial charge in [0.05, 0.1) is 37.1 Å². The van der Waals surface area contributed by atoms with Gasteiger partial charge in [0, 0.05) is 49.5 Å². The number of rotatable bonds is 9. The van der Waals surface area contributed by atoms with E-state index < -0.39 is 0 Å². The van der Waals surface area contributed by atoms with Crippen molar-refractivity contribution in [3.63, 3.8) is 0 Å². The molecular weight excluding hydrogens is 518 g/mol. The Morgan fingerprint density at radius 3 is 2.52 bits per heavy atom. The van der Waals surface area contributed by atoms with Crippen molar-refractivity contribution in [1.29, 1.82) is 0 Å². The number of hydrogen-bond donors (Lipinski definition) is 1. The van der Waals surface area contributed by atoms with Crippen molar-refractivity contribution in [2.75, 3.05) is 37.7 Å². The summed E-state index contributed by atoms with van der Waals surface area (Å²) in [4.78, 5) is 9.52. The number of aromatic nitrogens is 2. The highest BCUT2D eigenvalue weighted by Crippen LogP contribution is 2.43. The van der Waals surface area contributed by atoms with E-state index in [0.29, 0.717) is 6.10 Å². The maximum absolute atomic E-state index is 6.25. The van der Waals surface area contributed by atoms with Crippen LogP contribution in [0.5, 0.6) is 5.75 Å². The lowest BCUT2D eigenvalue weighted by molar-refractivity contribution is 0.0369. The van der Waals surface area contributed by atoms with E-state index in [2.05, 4.69) is 76.0 Å². The van der Waals surface area contributed by atoms with Gasteiger partial charge < -0.3 is 24.3 Å². The first-order chi connectivity index (χ1) is 19.6. The highest BCUT2D eigenvalue weighted by Gasteiger charge is 2.42. The minimum Gasteiger partial charge on any atom is -0.490 e. The molecular formula is C32H41N5O2S. The van der Waals surface area contributed by atoms with E-state index >= 15 is 0 Å². The molecule has 1 aliphatic carbocycles. The number of nitrogens with zero attached hydrogens (tertiary/aromatic N) is 4.